The molecule has 3 nitrogen and oxygen atoms in total. The van der Waals surface area contributed by atoms with Crippen molar-refractivity contribution >= 4 is 32.7 Å². The second kappa shape index (κ2) is 6.95. The fourth-order valence-corrected chi connectivity index (χ4v) is 6.82. The van der Waals surface area contributed by atoms with Crippen LogP contribution >= 0.6 is 0 Å². The molecule has 2 atom stereocenters. The molecule has 0 fully saturated rings. The second-order valence-corrected chi connectivity index (χ2v) is 9.33. The van der Waals surface area contributed by atoms with Gasteiger partial charge in [-0.1, -0.05) is 52.5 Å². The number of fused-ring (bicyclic) bond motifs is 2. The molecule has 0 bridgehead atoms. The molecule has 2 unspecified atom stereocenters. The van der Waals surface area contributed by atoms with Gasteiger partial charge >= 0.3 is 0 Å². The lowest BCUT2D eigenvalue weighted by Gasteiger charge is -2.27. The smallest absolute Gasteiger partial charge is 0.184 e. The maximum atomic E-state index is 13.4. The Balaban J connectivity index is 2.13. The van der Waals surface area contributed by atoms with Gasteiger partial charge in [-0.05, 0) is 45.0 Å². The van der Waals surface area contributed by atoms with Crippen LogP contribution in [0.2, 0.25) is 0 Å². The molecule has 0 saturated heterocycles. The maximum Gasteiger partial charge on any atom is 0.184 e. The fourth-order valence-electron chi connectivity index (χ4n) is 3.91. The Morgan fingerprint density at radius 1 is 0.964 bits per heavy atom. The molecule has 2 aromatic carbocycles. The van der Waals surface area contributed by atoms with Crippen LogP contribution in [0.3, 0.4) is 0 Å². The lowest BCUT2D eigenvalue weighted by Crippen LogP contribution is -2.37. The first-order valence-corrected chi connectivity index (χ1v) is 10.6. The minimum Gasteiger partial charge on any atom is -0.294 e. The quantitative estimate of drug-likeness (QED) is 0.345. The summed E-state index contributed by atoms with van der Waals surface area (Å²) < 4.78 is 0. The van der Waals surface area contributed by atoms with Crippen LogP contribution in [-0.2, 0) is 15.3 Å². The number of aryl methyl sites for hydroxylation is 1. The molecular formula is C24H21O3S+. The third kappa shape index (κ3) is 2.85. The Hall–Kier alpha value is -2.85. The molecule has 0 aromatic heterocycles. The highest BCUT2D eigenvalue weighted by molar-refractivity contribution is 7.97. The first-order valence-electron chi connectivity index (χ1n) is 9.21. The predicted octanol–water partition coefficient (Wildman–Crippen LogP) is 4.04. The van der Waals surface area contributed by atoms with E-state index < -0.39 is 16.4 Å². The zero-order valence-electron chi connectivity index (χ0n) is 16.0. The molecule has 2 aliphatic rings. The SMILES string of the molecule is CC(=O)C1=CC=CC2C(=O)c3c(C(C)=O)cccc3[SH+](c3ccc(C)cc3)=C12. The van der Waals surface area contributed by atoms with Crippen molar-refractivity contribution in [3.05, 3.63) is 83.0 Å². The highest BCUT2D eigenvalue weighted by atomic mass is 32.2. The van der Waals surface area contributed by atoms with Crippen LogP contribution in [0.15, 0.2) is 76.1 Å². The Morgan fingerprint density at radius 3 is 2.32 bits per heavy atom. The highest BCUT2D eigenvalue weighted by Gasteiger charge is 2.43. The van der Waals surface area contributed by atoms with Crippen LogP contribution in [-0.4, -0.2) is 22.2 Å². The molecule has 0 radical (unpaired) electrons. The number of hydrogen-bond acceptors (Lipinski definition) is 3. The minimum absolute atomic E-state index is 0.0389. The molecule has 1 heterocycles. The molecule has 4 heteroatoms. The lowest BCUT2D eigenvalue weighted by atomic mass is 9.84. The van der Waals surface area contributed by atoms with Crippen molar-refractivity contribution in [2.45, 2.75) is 30.6 Å². The van der Waals surface area contributed by atoms with Crippen LogP contribution < -0.4 is 0 Å². The van der Waals surface area contributed by atoms with Gasteiger partial charge in [-0.15, -0.1) is 0 Å². The number of ketones is 3. The highest BCUT2D eigenvalue weighted by Crippen LogP contribution is 2.37. The Morgan fingerprint density at radius 2 is 1.68 bits per heavy atom. The molecular weight excluding hydrogens is 368 g/mol. The van der Waals surface area contributed by atoms with Crippen LogP contribution in [0.4, 0.5) is 0 Å². The topological polar surface area (TPSA) is 51.2 Å². The molecule has 0 spiro atoms. The van der Waals surface area contributed by atoms with Crippen molar-refractivity contribution < 1.29 is 14.4 Å². The maximum absolute atomic E-state index is 13.4. The Labute approximate surface area is 166 Å². The van der Waals surface area contributed by atoms with Gasteiger partial charge in [-0.25, -0.2) is 0 Å². The van der Waals surface area contributed by atoms with E-state index in [1.807, 2.05) is 43.3 Å². The van der Waals surface area contributed by atoms with Gasteiger partial charge in [0.1, 0.15) is 20.6 Å². The molecule has 1 aliphatic heterocycles. The van der Waals surface area contributed by atoms with E-state index in [0.717, 1.165) is 20.2 Å². The summed E-state index contributed by atoms with van der Waals surface area (Å²) in [4.78, 5) is 40.9. The number of benzene rings is 2. The summed E-state index contributed by atoms with van der Waals surface area (Å²) in [5.41, 5.74) is 2.75. The van der Waals surface area contributed by atoms with Crippen molar-refractivity contribution in [3.63, 3.8) is 0 Å². The zero-order valence-corrected chi connectivity index (χ0v) is 16.9. The number of hydrogen-bond donors (Lipinski definition) is 0. The summed E-state index contributed by atoms with van der Waals surface area (Å²) >= 11 is 0. The number of thiol groups is 1. The van der Waals surface area contributed by atoms with Crippen LogP contribution in [0, 0.1) is 12.8 Å². The van der Waals surface area contributed by atoms with Gasteiger partial charge in [-0.3, -0.25) is 14.4 Å². The molecule has 4 rings (SSSR count). The number of rotatable bonds is 3. The van der Waals surface area contributed by atoms with Crippen LogP contribution in [0.5, 0.6) is 0 Å². The molecule has 1 aliphatic carbocycles. The average molecular weight is 389 g/mol. The van der Waals surface area contributed by atoms with E-state index >= 15 is 0 Å². The fraction of sp³-hybridized carbons (Fsp3) is 0.167. The van der Waals surface area contributed by atoms with Crippen LogP contribution in [0.1, 0.15) is 40.1 Å². The molecule has 140 valence electrons. The minimum atomic E-state index is -1.09. The first-order chi connectivity index (χ1) is 13.4. The van der Waals surface area contributed by atoms with E-state index in [4.69, 9.17) is 0 Å². The largest absolute Gasteiger partial charge is 0.294 e. The first kappa shape index (κ1) is 18.5. The summed E-state index contributed by atoms with van der Waals surface area (Å²) in [5, 5.41) is 0. The Bertz CT molecular complexity index is 1130. The third-order valence-electron chi connectivity index (χ3n) is 5.24. The monoisotopic (exact) mass is 389 g/mol. The summed E-state index contributed by atoms with van der Waals surface area (Å²) in [6.45, 7) is 5.07. The molecule has 0 amide bonds. The molecule has 0 saturated carbocycles. The summed E-state index contributed by atoms with van der Waals surface area (Å²) in [6, 6.07) is 13.7. The molecule has 28 heavy (non-hydrogen) atoms. The van der Waals surface area contributed by atoms with Crippen LogP contribution in [0.25, 0.3) is 0 Å². The van der Waals surface area contributed by atoms with E-state index in [0.29, 0.717) is 16.7 Å². The van der Waals surface area contributed by atoms with Crippen molar-refractivity contribution in [2.24, 2.45) is 5.92 Å². The Kier molecular flexibility index (Phi) is 4.60. The summed E-state index contributed by atoms with van der Waals surface area (Å²) in [6.07, 6.45) is 5.45. The zero-order chi connectivity index (χ0) is 20.0. The van der Waals surface area contributed by atoms with Crippen molar-refractivity contribution in [1.82, 2.24) is 0 Å². The van der Waals surface area contributed by atoms with Gasteiger partial charge in [0.25, 0.3) is 0 Å². The van der Waals surface area contributed by atoms with Crippen molar-refractivity contribution in [3.8, 4) is 0 Å². The van der Waals surface area contributed by atoms with Crippen molar-refractivity contribution in [1.29, 1.82) is 0 Å². The lowest BCUT2D eigenvalue weighted by molar-refractivity contribution is -0.113. The number of Topliss-reactive ketones (excluding diaryl/α,β-unsaturated/α-hetero) is 3. The van der Waals surface area contributed by atoms with E-state index in [9.17, 15) is 14.4 Å². The van der Waals surface area contributed by atoms with Gasteiger partial charge in [0, 0.05) is 5.56 Å². The van der Waals surface area contributed by atoms with Gasteiger partial charge in [0.15, 0.2) is 17.3 Å². The van der Waals surface area contributed by atoms with E-state index in [2.05, 4.69) is 12.1 Å². The summed E-state index contributed by atoms with van der Waals surface area (Å²) in [5.74, 6) is -0.744. The van der Waals surface area contributed by atoms with E-state index in [-0.39, 0.29) is 17.3 Å². The van der Waals surface area contributed by atoms with E-state index in [1.54, 1.807) is 19.1 Å². The predicted molar refractivity (Wildman–Crippen MR) is 114 cm³/mol. The van der Waals surface area contributed by atoms with Crippen molar-refractivity contribution in [2.75, 3.05) is 0 Å². The normalized spacial score (nSPS) is 20.3. The van der Waals surface area contributed by atoms with Gasteiger partial charge < -0.3 is 0 Å². The van der Waals surface area contributed by atoms with Gasteiger partial charge in [0.05, 0.1) is 11.1 Å². The number of allylic oxidation sites excluding steroid dienone is 4. The molecule has 2 aromatic rings. The second-order valence-electron chi connectivity index (χ2n) is 7.18. The third-order valence-corrected chi connectivity index (χ3v) is 7.91. The van der Waals surface area contributed by atoms with E-state index in [1.165, 1.54) is 6.92 Å². The van der Waals surface area contributed by atoms with Gasteiger partial charge in [-0.2, -0.15) is 0 Å². The molecule has 0 N–H and O–H groups in total. The average Bonchev–Trinajstić information content (AvgIpc) is 2.68. The number of carbonyl (C=O) groups is 3. The number of carbonyl (C=O) groups excluding carboxylic acids is 3. The standard InChI is InChI=1S/C24H20O3S/c1-14-10-12-17(13-11-14)28-21-9-5-6-18(15(2)25)22(21)23(27)20-8-4-7-19(16(3)26)24(20)28/h4-13,20H,1-3H3/p+1. The van der Waals surface area contributed by atoms with Gasteiger partial charge in [0.2, 0.25) is 0 Å². The summed E-state index contributed by atoms with van der Waals surface area (Å²) in [7, 11) is -1.09.